The lowest BCUT2D eigenvalue weighted by Crippen LogP contribution is -2.32. The second-order valence-electron chi connectivity index (χ2n) is 16.8. The normalized spacial score (nSPS) is 19.1. The van der Waals surface area contributed by atoms with Gasteiger partial charge in [-0.2, -0.15) is 18.3 Å². The number of phenols is 2. The van der Waals surface area contributed by atoms with Crippen LogP contribution in [0, 0.1) is 17.4 Å². The maximum atomic E-state index is 14.1. The number of hydrogen-bond donors (Lipinski definition) is 5. The van der Waals surface area contributed by atoms with E-state index < -0.39 is 46.1 Å². The molecule has 5 aromatic rings. The van der Waals surface area contributed by atoms with Gasteiger partial charge in [-0.25, -0.2) is 14.8 Å². The number of rotatable bonds is 5. The van der Waals surface area contributed by atoms with E-state index in [0.717, 1.165) is 4.68 Å². The first kappa shape index (κ1) is 40.5. The zero-order chi connectivity index (χ0) is 43.9. The fourth-order valence-corrected chi connectivity index (χ4v) is 9.20. The fourth-order valence-electron chi connectivity index (χ4n) is 9.03. The average Bonchev–Trinajstić information content (AvgIpc) is 3.72. The van der Waals surface area contributed by atoms with Crippen LogP contribution < -0.4 is 21.1 Å². The number of benzene rings is 4. The van der Waals surface area contributed by atoms with E-state index in [0.29, 0.717) is 53.7 Å². The van der Waals surface area contributed by atoms with Crippen LogP contribution in [0.25, 0.3) is 10.5 Å². The molecule has 0 bridgehead atoms. The Bertz CT molecular complexity index is 2780. The predicted octanol–water partition coefficient (Wildman–Crippen LogP) is 8.82. The van der Waals surface area contributed by atoms with Crippen LogP contribution in [0.2, 0.25) is 0 Å². The number of amides is 1. The first-order valence-electron chi connectivity index (χ1n) is 19.8. The number of Topliss-reactive ketones (excluding diaryl/α,β-unsaturated/α-hetero) is 1. The number of nitrogens with one attached hydrogen (secondary N) is 2. The lowest BCUT2D eigenvalue weighted by molar-refractivity contribution is -0.141. The first-order valence-corrected chi connectivity index (χ1v) is 20.2. The molecule has 4 aliphatic rings. The molecule has 3 heterocycles. The van der Waals surface area contributed by atoms with Crippen molar-refractivity contribution in [3.63, 3.8) is 0 Å². The Labute approximate surface area is 357 Å². The summed E-state index contributed by atoms with van der Waals surface area (Å²) in [6.45, 7) is 3.64. The van der Waals surface area contributed by atoms with Crippen molar-refractivity contribution >= 4 is 46.4 Å². The molecule has 0 radical (unpaired) electrons. The highest BCUT2D eigenvalue weighted by Crippen LogP contribution is 2.57. The molecule has 9 rings (SSSR count). The van der Waals surface area contributed by atoms with Gasteiger partial charge in [0, 0.05) is 59.2 Å². The van der Waals surface area contributed by atoms with Gasteiger partial charge in [-0.15, -0.1) is 4.85 Å². The Hall–Kier alpha value is -6.93. The average molecular weight is 864 g/mol. The SMILES string of the molecule is CC1(C)CC(=O)c2c(C(F)(F)F)nn(-c3ccc(C(N)=O)c(NC4CCC(C#[N+]C(=S)Nc5ccc6c(c5)C(=O)OC65c6ccc(O)cc6Oc6cc(O)ccc65)CC4)c3)c2C1. The van der Waals surface area contributed by atoms with Crippen LogP contribution in [0.15, 0.2) is 72.8 Å². The molecule has 2 aliphatic heterocycles. The van der Waals surface area contributed by atoms with Gasteiger partial charge in [0.2, 0.25) is 0 Å². The standard InChI is InChI=1S/C45H37F3N6O7S/c1-43(2)19-34-38(35(57)20-43)39(45(46,47)48)53-54(34)25-8-11-28(40(49)58)33(16-25)51-23-5-3-22(4-6-23)21-50-42(62)52-24-7-12-30-29(15-24)41(59)61-44(30)31-13-9-26(55)17-36(31)60-37-18-27(56)10-14-32(37)44/h7-18,22-23H,3-6,19-20H2,1-2H3,(H5-,49,51,52,55,56,58,62)/p+1. The number of thiocarbonyl (C=S) groups is 1. The van der Waals surface area contributed by atoms with E-state index in [1.54, 1.807) is 36.4 Å². The molecule has 2 aliphatic carbocycles. The van der Waals surface area contributed by atoms with E-state index in [2.05, 4.69) is 26.6 Å². The summed E-state index contributed by atoms with van der Waals surface area (Å²) in [5.74, 6) is -1.55. The quantitative estimate of drug-likeness (QED) is 0.0841. The largest absolute Gasteiger partial charge is 0.508 e. The van der Waals surface area contributed by atoms with Crippen molar-refractivity contribution < 1.29 is 47.2 Å². The van der Waals surface area contributed by atoms with Gasteiger partial charge >= 0.3 is 17.3 Å². The second-order valence-corrected chi connectivity index (χ2v) is 17.2. The summed E-state index contributed by atoms with van der Waals surface area (Å²) in [5.41, 5.74) is 5.31. The summed E-state index contributed by atoms with van der Waals surface area (Å²) in [6.07, 6.45) is -2.09. The number of nitrogens with two attached hydrogens (primary N) is 1. The third-order valence-corrected chi connectivity index (χ3v) is 12.0. The highest BCUT2D eigenvalue weighted by molar-refractivity contribution is 7.80. The third-order valence-electron chi connectivity index (χ3n) is 11.8. The summed E-state index contributed by atoms with van der Waals surface area (Å²) in [6, 6.07) is 21.6. The number of primary amides is 1. The number of phenolic OH excluding ortho intramolecular Hbond substituents is 2. The number of ether oxygens (including phenoxy) is 2. The highest BCUT2D eigenvalue weighted by Gasteiger charge is 2.54. The Balaban J connectivity index is 0.889. The summed E-state index contributed by atoms with van der Waals surface area (Å²) < 4.78 is 55.6. The maximum absolute atomic E-state index is 14.1. The molecular formula is C45H38F3N6O7S+. The van der Waals surface area contributed by atoms with Crippen LogP contribution in [-0.2, 0) is 22.9 Å². The molecule has 1 aromatic heterocycles. The van der Waals surface area contributed by atoms with Gasteiger partial charge in [0.25, 0.3) is 5.91 Å². The number of hydrogen-bond acceptors (Lipinski definition) is 10. The number of carbonyl (C=O) groups excluding carboxylic acids is 3. The number of aromatic nitrogens is 2. The minimum absolute atomic E-state index is 0.0336. The number of carbonyl (C=O) groups is 3. The van der Waals surface area contributed by atoms with Crippen LogP contribution in [-0.4, -0.2) is 48.8 Å². The number of aromatic hydroxyl groups is 2. The molecule has 62 heavy (non-hydrogen) atoms. The zero-order valence-electron chi connectivity index (χ0n) is 33.2. The number of fused-ring (bicyclic) bond motifs is 7. The van der Waals surface area contributed by atoms with Crippen LogP contribution in [0.4, 0.5) is 24.5 Å². The van der Waals surface area contributed by atoms with E-state index >= 15 is 0 Å². The highest BCUT2D eigenvalue weighted by atomic mass is 32.1. The van der Waals surface area contributed by atoms with Gasteiger partial charge < -0.3 is 30.7 Å². The summed E-state index contributed by atoms with van der Waals surface area (Å²) in [4.78, 5) is 43.3. The van der Waals surface area contributed by atoms with Crippen molar-refractivity contribution in [2.75, 3.05) is 10.6 Å². The zero-order valence-corrected chi connectivity index (χ0v) is 34.0. The molecular weight excluding hydrogens is 826 g/mol. The van der Waals surface area contributed by atoms with Crippen molar-refractivity contribution in [2.45, 2.75) is 70.2 Å². The summed E-state index contributed by atoms with van der Waals surface area (Å²) in [7, 11) is 0. The lowest BCUT2D eigenvalue weighted by atomic mass is 9.75. The number of esters is 1. The van der Waals surface area contributed by atoms with Gasteiger partial charge in [-0.05, 0) is 98.2 Å². The number of anilines is 2. The van der Waals surface area contributed by atoms with E-state index in [-0.39, 0.29) is 75.4 Å². The van der Waals surface area contributed by atoms with Crippen LogP contribution in [0.1, 0.15) is 105 Å². The molecule has 13 nitrogen and oxygen atoms in total. The molecule has 0 saturated heterocycles. The molecule has 0 atom stereocenters. The minimum Gasteiger partial charge on any atom is -0.508 e. The van der Waals surface area contributed by atoms with Crippen molar-refractivity contribution in [1.82, 2.24) is 9.78 Å². The van der Waals surface area contributed by atoms with E-state index in [1.165, 1.54) is 36.4 Å². The topological polar surface area (TPSA) is 182 Å². The number of nitrogens with zero attached hydrogens (tertiary/aromatic N) is 3. The summed E-state index contributed by atoms with van der Waals surface area (Å²) >= 11 is 5.52. The molecule has 1 spiro atoms. The third kappa shape index (κ3) is 7.03. The second kappa shape index (κ2) is 14.6. The molecule has 316 valence electrons. The van der Waals surface area contributed by atoms with Gasteiger partial charge in [0.05, 0.1) is 34.0 Å². The van der Waals surface area contributed by atoms with Gasteiger partial charge in [0.1, 0.15) is 28.7 Å². The van der Waals surface area contributed by atoms with Crippen LogP contribution in [0.5, 0.6) is 23.0 Å². The Kier molecular flexibility index (Phi) is 9.54. The Morgan fingerprint density at radius 1 is 0.935 bits per heavy atom. The van der Waals surface area contributed by atoms with Gasteiger partial charge in [0.15, 0.2) is 23.1 Å². The minimum atomic E-state index is -4.84. The van der Waals surface area contributed by atoms with Gasteiger partial charge in [-0.1, -0.05) is 13.8 Å². The molecule has 1 amide bonds. The number of ketones is 1. The lowest BCUT2D eigenvalue weighted by Gasteiger charge is -2.36. The van der Waals surface area contributed by atoms with Crippen molar-refractivity contribution in [3.05, 3.63) is 122 Å². The first-order chi connectivity index (χ1) is 29.4. The van der Waals surface area contributed by atoms with Gasteiger partial charge in [-0.3, -0.25) is 9.59 Å². The molecule has 1 saturated carbocycles. The van der Waals surface area contributed by atoms with E-state index in [1.807, 2.05) is 13.8 Å². The number of alkyl halides is 3. The number of halogens is 3. The van der Waals surface area contributed by atoms with Crippen LogP contribution >= 0.6 is 12.2 Å². The van der Waals surface area contributed by atoms with Crippen molar-refractivity contribution in [3.8, 4) is 34.8 Å². The molecule has 4 aromatic carbocycles. The molecule has 1 fully saturated rings. The maximum Gasteiger partial charge on any atom is 0.453 e. The molecule has 17 heteroatoms. The van der Waals surface area contributed by atoms with Crippen molar-refractivity contribution in [2.24, 2.45) is 17.1 Å². The summed E-state index contributed by atoms with van der Waals surface area (Å²) in [5, 5.41) is 30.8. The Morgan fingerprint density at radius 3 is 2.24 bits per heavy atom. The fraction of sp³-hybridized carbons (Fsp3) is 0.289. The molecule has 6 N–H and O–H groups in total. The smallest absolute Gasteiger partial charge is 0.453 e. The molecule has 0 unspecified atom stereocenters. The van der Waals surface area contributed by atoms with E-state index in [4.69, 9.17) is 27.4 Å². The van der Waals surface area contributed by atoms with Crippen LogP contribution in [0.3, 0.4) is 0 Å². The predicted molar refractivity (Wildman–Crippen MR) is 224 cm³/mol. The monoisotopic (exact) mass is 863 g/mol. The van der Waals surface area contributed by atoms with E-state index in [9.17, 15) is 37.8 Å². The van der Waals surface area contributed by atoms with Crippen molar-refractivity contribution in [1.29, 1.82) is 0 Å². The Morgan fingerprint density at radius 2 is 1.60 bits per heavy atom.